The first-order valence-electron chi connectivity index (χ1n) is 3.50. The molecule has 0 saturated carbocycles. The Morgan fingerprint density at radius 2 is 2.45 bits per heavy atom. The minimum atomic E-state index is -0.143. The predicted molar refractivity (Wildman–Crippen MR) is 42.6 cm³/mol. The van der Waals surface area contributed by atoms with E-state index in [2.05, 4.69) is 5.32 Å². The van der Waals surface area contributed by atoms with Crippen LogP contribution in [0.15, 0.2) is 12.2 Å². The molecular weight excluding hydrogens is 140 g/mol. The molecule has 0 radical (unpaired) electrons. The van der Waals surface area contributed by atoms with Crippen LogP contribution in [0.1, 0.15) is 20.3 Å². The normalized spacial score (nSPS) is 12.5. The molecule has 0 aromatic rings. The zero-order valence-electron chi connectivity index (χ0n) is 6.79. The van der Waals surface area contributed by atoms with Crippen molar-refractivity contribution in [1.82, 2.24) is 5.32 Å². The van der Waals surface area contributed by atoms with Crippen molar-refractivity contribution in [3.63, 3.8) is 0 Å². The van der Waals surface area contributed by atoms with Gasteiger partial charge in [-0.25, -0.2) is 0 Å². The number of hydrogen-bond donors (Lipinski definition) is 1. The fourth-order valence-corrected chi connectivity index (χ4v) is 0.630. The highest BCUT2D eigenvalue weighted by Crippen LogP contribution is 1.87. The Kier molecular flexibility index (Phi) is 4.83. The minimum absolute atomic E-state index is 0.0660. The molecule has 1 amide bonds. The highest BCUT2D eigenvalue weighted by molar-refractivity contribution is 5.87. The maximum absolute atomic E-state index is 10.8. The summed E-state index contributed by atoms with van der Waals surface area (Å²) in [5.41, 5.74) is 0. The second-order valence-corrected chi connectivity index (χ2v) is 2.27. The fourth-order valence-electron chi connectivity index (χ4n) is 0.630. The fraction of sp³-hybridized carbons (Fsp3) is 0.500. The van der Waals surface area contributed by atoms with Crippen LogP contribution >= 0.6 is 0 Å². The summed E-state index contributed by atoms with van der Waals surface area (Å²) in [5.74, 6) is -0.143. The van der Waals surface area contributed by atoms with Crippen molar-refractivity contribution in [3.05, 3.63) is 12.2 Å². The molecule has 60 valence electrons. The van der Waals surface area contributed by atoms with Crippen molar-refractivity contribution in [2.45, 2.75) is 26.3 Å². The quantitative estimate of drug-likeness (QED) is 0.613. The van der Waals surface area contributed by atoms with Crippen LogP contribution in [0.5, 0.6) is 0 Å². The zero-order chi connectivity index (χ0) is 8.69. The maximum Gasteiger partial charge on any atom is 0.243 e. The second kappa shape index (κ2) is 5.48. The standard InChI is InChI=1S/C8H12N2O/c1-3-4-8(11)10-7(2)5-6-9/h3-4,7H,5H2,1-2H3,(H,10,11)/b4-3+. The summed E-state index contributed by atoms with van der Waals surface area (Å²) in [7, 11) is 0. The van der Waals surface area contributed by atoms with E-state index in [1.54, 1.807) is 19.9 Å². The molecule has 3 nitrogen and oxygen atoms in total. The van der Waals surface area contributed by atoms with Gasteiger partial charge in [0.2, 0.25) is 5.91 Å². The number of hydrogen-bond acceptors (Lipinski definition) is 2. The molecule has 0 aliphatic carbocycles. The second-order valence-electron chi connectivity index (χ2n) is 2.27. The molecule has 0 aromatic carbocycles. The van der Waals surface area contributed by atoms with Crippen molar-refractivity contribution in [1.29, 1.82) is 5.26 Å². The summed E-state index contributed by atoms with van der Waals surface area (Å²) < 4.78 is 0. The number of amides is 1. The van der Waals surface area contributed by atoms with E-state index in [0.717, 1.165) is 0 Å². The Morgan fingerprint density at radius 1 is 1.82 bits per heavy atom. The molecule has 0 aliphatic rings. The highest BCUT2D eigenvalue weighted by atomic mass is 16.1. The highest BCUT2D eigenvalue weighted by Gasteiger charge is 2.01. The van der Waals surface area contributed by atoms with E-state index in [-0.39, 0.29) is 11.9 Å². The number of rotatable bonds is 3. The summed E-state index contributed by atoms with van der Waals surface area (Å²) >= 11 is 0. The van der Waals surface area contributed by atoms with Gasteiger partial charge in [0.1, 0.15) is 0 Å². The van der Waals surface area contributed by atoms with E-state index in [4.69, 9.17) is 5.26 Å². The molecule has 0 bridgehead atoms. The first-order valence-corrected chi connectivity index (χ1v) is 3.50. The van der Waals surface area contributed by atoms with Crippen LogP contribution in [-0.4, -0.2) is 11.9 Å². The third-order valence-corrected chi connectivity index (χ3v) is 1.10. The predicted octanol–water partition coefficient (Wildman–Crippen LogP) is 0.981. The molecule has 0 rings (SSSR count). The molecule has 11 heavy (non-hydrogen) atoms. The van der Waals surface area contributed by atoms with E-state index in [0.29, 0.717) is 6.42 Å². The SMILES string of the molecule is C/C=C/C(=O)NC(C)CC#N. The molecule has 0 spiro atoms. The Morgan fingerprint density at radius 3 is 2.91 bits per heavy atom. The van der Waals surface area contributed by atoms with Gasteiger partial charge in [-0.15, -0.1) is 0 Å². The third kappa shape index (κ3) is 5.16. The van der Waals surface area contributed by atoms with Crippen molar-refractivity contribution in [3.8, 4) is 6.07 Å². The average Bonchev–Trinajstić information content (AvgIpc) is 1.87. The van der Waals surface area contributed by atoms with E-state index < -0.39 is 0 Å². The summed E-state index contributed by atoms with van der Waals surface area (Å²) in [6, 6.07) is 1.91. The van der Waals surface area contributed by atoms with Crippen LogP contribution in [0.3, 0.4) is 0 Å². The summed E-state index contributed by atoms with van der Waals surface area (Å²) in [5, 5.41) is 10.9. The van der Waals surface area contributed by atoms with Gasteiger partial charge in [0.05, 0.1) is 12.5 Å². The molecule has 3 heteroatoms. The van der Waals surface area contributed by atoms with Gasteiger partial charge in [0.25, 0.3) is 0 Å². The lowest BCUT2D eigenvalue weighted by atomic mass is 10.2. The van der Waals surface area contributed by atoms with Crippen molar-refractivity contribution >= 4 is 5.91 Å². The van der Waals surface area contributed by atoms with Crippen molar-refractivity contribution < 1.29 is 4.79 Å². The van der Waals surface area contributed by atoms with E-state index in [1.165, 1.54) is 6.08 Å². The van der Waals surface area contributed by atoms with Gasteiger partial charge in [-0.05, 0) is 19.9 Å². The van der Waals surface area contributed by atoms with Gasteiger partial charge < -0.3 is 5.32 Å². The van der Waals surface area contributed by atoms with E-state index >= 15 is 0 Å². The Bertz CT molecular complexity index is 191. The van der Waals surface area contributed by atoms with Crippen LogP contribution in [0.25, 0.3) is 0 Å². The maximum atomic E-state index is 10.8. The molecule has 0 aliphatic heterocycles. The average molecular weight is 152 g/mol. The van der Waals surface area contributed by atoms with Gasteiger partial charge in [-0.2, -0.15) is 5.26 Å². The molecule has 0 fully saturated rings. The summed E-state index contributed by atoms with van der Waals surface area (Å²) in [6.07, 6.45) is 3.45. The van der Waals surface area contributed by atoms with Gasteiger partial charge in [0.15, 0.2) is 0 Å². The number of nitrogens with one attached hydrogen (secondary N) is 1. The lowest BCUT2D eigenvalue weighted by Gasteiger charge is -2.06. The van der Waals surface area contributed by atoms with Gasteiger partial charge in [-0.3, -0.25) is 4.79 Å². The number of carbonyl (C=O) groups is 1. The zero-order valence-corrected chi connectivity index (χ0v) is 6.79. The van der Waals surface area contributed by atoms with Crippen molar-refractivity contribution in [2.75, 3.05) is 0 Å². The number of nitriles is 1. The van der Waals surface area contributed by atoms with Crippen LogP contribution in [0.2, 0.25) is 0 Å². The van der Waals surface area contributed by atoms with Gasteiger partial charge in [-0.1, -0.05) is 6.08 Å². The molecule has 1 atom stereocenters. The smallest absolute Gasteiger partial charge is 0.243 e. The van der Waals surface area contributed by atoms with Crippen LogP contribution < -0.4 is 5.32 Å². The van der Waals surface area contributed by atoms with Gasteiger partial charge in [0, 0.05) is 6.04 Å². The molecule has 0 heterocycles. The molecule has 1 unspecified atom stereocenters. The summed E-state index contributed by atoms with van der Waals surface area (Å²) in [4.78, 5) is 10.8. The van der Waals surface area contributed by atoms with Gasteiger partial charge >= 0.3 is 0 Å². The van der Waals surface area contributed by atoms with Crippen LogP contribution in [0, 0.1) is 11.3 Å². The van der Waals surface area contributed by atoms with Crippen LogP contribution in [0.4, 0.5) is 0 Å². The number of nitrogens with zero attached hydrogens (tertiary/aromatic N) is 1. The topological polar surface area (TPSA) is 52.9 Å². The van der Waals surface area contributed by atoms with E-state index in [9.17, 15) is 4.79 Å². The third-order valence-electron chi connectivity index (χ3n) is 1.10. The molecule has 0 aromatic heterocycles. The van der Waals surface area contributed by atoms with E-state index in [1.807, 2.05) is 6.07 Å². The molecule has 0 saturated heterocycles. The first-order chi connectivity index (χ1) is 5.20. The first kappa shape index (κ1) is 9.70. The lowest BCUT2D eigenvalue weighted by Crippen LogP contribution is -2.30. The largest absolute Gasteiger partial charge is 0.349 e. The monoisotopic (exact) mass is 152 g/mol. The summed E-state index contributed by atoms with van der Waals surface area (Å²) in [6.45, 7) is 3.57. The lowest BCUT2D eigenvalue weighted by molar-refractivity contribution is -0.117. The Balaban J connectivity index is 3.68. The van der Waals surface area contributed by atoms with Crippen molar-refractivity contribution in [2.24, 2.45) is 0 Å². The minimum Gasteiger partial charge on any atom is -0.349 e. The molecule has 1 N–H and O–H groups in total. The Hall–Kier alpha value is -1.30. The number of carbonyl (C=O) groups excluding carboxylic acids is 1. The Labute approximate surface area is 66.7 Å². The van der Waals surface area contributed by atoms with Crippen LogP contribution in [-0.2, 0) is 4.79 Å². The molecular formula is C8H12N2O. The number of allylic oxidation sites excluding steroid dienone is 1.